The quantitative estimate of drug-likeness (QED) is 0.0677. The van der Waals surface area contributed by atoms with Crippen molar-refractivity contribution in [2.75, 3.05) is 0 Å². The summed E-state index contributed by atoms with van der Waals surface area (Å²) in [6.07, 6.45) is 0. The number of ether oxygens (including phenoxy) is 6. The van der Waals surface area contributed by atoms with E-state index in [4.69, 9.17) is 28.4 Å². The molecule has 9 rings (SSSR count). The normalized spacial score (nSPS) is 10.8. The largest absolute Gasteiger partial charge is 0.456 e. The number of hydrogen-bond donors (Lipinski definition) is 0. The second-order valence-corrected chi connectivity index (χ2v) is 13.8. The Labute approximate surface area is 355 Å². The van der Waals surface area contributed by atoms with Crippen molar-refractivity contribution in [3.8, 4) is 51.7 Å². The van der Waals surface area contributed by atoms with E-state index in [0.29, 0.717) is 28.0 Å². The third kappa shape index (κ3) is 8.40. The summed E-state index contributed by atoms with van der Waals surface area (Å²) < 4.78 is 37.1. The van der Waals surface area contributed by atoms with Gasteiger partial charge in [0.2, 0.25) is 0 Å². The van der Waals surface area contributed by atoms with Crippen LogP contribution >= 0.6 is 0 Å². The first kappa shape index (κ1) is 38.8. The number of benzene rings is 9. The Kier molecular flexibility index (Phi) is 11.1. The van der Waals surface area contributed by atoms with Crippen molar-refractivity contribution in [1.82, 2.24) is 0 Å². The first-order valence-electron chi connectivity index (χ1n) is 19.6. The zero-order valence-corrected chi connectivity index (χ0v) is 32.8. The zero-order chi connectivity index (χ0) is 42.3. The van der Waals surface area contributed by atoms with Crippen LogP contribution in [0.5, 0.6) is 51.7 Å². The van der Waals surface area contributed by atoms with E-state index < -0.39 is 17.9 Å². The molecular weight excluding hydrogens is 781 g/mol. The molecular formula is C53H34O9. The van der Waals surface area contributed by atoms with E-state index in [9.17, 15) is 14.4 Å². The molecule has 62 heavy (non-hydrogen) atoms. The Bertz CT molecular complexity index is 2920. The molecule has 0 amide bonds. The Morgan fingerprint density at radius 2 is 0.597 bits per heavy atom. The molecule has 0 radical (unpaired) electrons. The van der Waals surface area contributed by atoms with Crippen molar-refractivity contribution in [2.24, 2.45) is 0 Å². The highest BCUT2D eigenvalue weighted by atomic mass is 16.6. The van der Waals surface area contributed by atoms with Gasteiger partial charge >= 0.3 is 17.9 Å². The van der Waals surface area contributed by atoms with Gasteiger partial charge in [0, 0.05) is 0 Å². The monoisotopic (exact) mass is 814 g/mol. The molecule has 0 atom stereocenters. The molecule has 0 aromatic heterocycles. The van der Waals surface area contributed by atoms with Crippen LogP contribution in [0.2, 0.25) is 0 Å². The average Bonchev–Trinajstić information content (AvgIpc) is 3.30. The molecule has 0 spiro atoms. The molecule has 0 saturated heterocycles. The van der Waals surface area contributed by atoms with E-state index in [-0.39, 0.29) is 62.0 Å². The van der Waals surface area contributed by atoms with Crippen LogP contribution in [-0.2, 0) is 0 Å². The maximum atomic E-state index is 14.5. The number of para-hydroxylation sites is 6. The lowest BCUT2D eigenvalue weighted by atomic mass is 10.0. The molecule has 300 valence electrons. The van der Waals surface area contributed by atoms with Gasteiger partial charge in [-0.2, -0.15) is 0 Å². The SMILES string of the molecule is O=C(Oc1cccc2cc3cccc(OC(=O)c4ccccc4Oc4ccccc4)c3c(OC(=O)c3ccccc3Oc3ccccc3)c12)c1ccccc1Oc1ccccc1. The summed E-state index contributed by atoms with van der Waals surface area (Å²) in [5.41, 5.74) is 0.431. The molecule has 0 saturated carbocycles. The Morgan fingerprint density at radius 1 is 0.290 bits per heavy atom. The highest BCUT2D eigenvalue weighted by Crippen LogP contribution is 2.45. The van der Waals surface area contributed by atoms with Crippen molar-refractivity contribution in [2.45, 2.75) is 0 Å². The molecule has 9 nitrogen and oxygen atoms in total. The van der Waals surface area contributed by atoms with Crippen molar-refractivity contribution in [1.29, 1.82) is 0 Å². The van der Waals surface area contributed by atoms with Crippen LogP contribution in [-0.4, -0.2) is 17.9 Å². The summed E-state index contributed by atoms with van der Waals surface area (Å²) >= 11 is 0. The molecule has 9 aromatic carbocycles. The standard InChI is InChI=1S/C53H34O9/c54-51(40-26-10-13-29-43(40)57-37-20-4-1-5-21-37)60-46-32-16-18-35-34-36-19-17-33-47(61-52(55)41-27-11-14-30-44(41)58-38-22-6-2-7-23-38)49(36)50(48(35)46)62-53(56)42-28-12-15-31-45(42)59-39-24-8-3-9-25-39/h1-34H. The van der Waals surface area contributed by atoms with Crippen molar-refractivity contribution in [3.63, 3.8) is 0 Å². The fourth-order valence-corrected chi connectivity index (χ4v) is 6.86. The second-order valence-electron chi connectivity index (χ2n) is 13.8. The Hall–Kier alpha value is -8.69. The van der Waals surface area contributed by atoms with Gasteiger partial charge in [0.05, 0.1) is 10.8 Å². The Morgan fingerprint density at radius 3 is 0.968 bits per heavy atom. The molecule has 0 bridgehead atoms. The van der Waals surface area contributed by atoms with Crippen LogP contribution in [0.4, 0.5) is 0 Å². The molecule has 0 N–H and O–H groups in total. The molecule has 0 heterocycles. The number of esters is 3. The summed E-state index contributed by atoms with van der Waals surface area (Å²) in [4.78, 5) is 42.8. The summed E-state index contributed by atoms with van der Waals surface area (Å²) in [6, 6.07) is 59.4. The second kappa shape index (κ2) is 17.7. The average molecular weight is 815 g/mol. The summed E-state index contributed by atoms with van der Waals surface area (Å²) in [5.74, 6) is 0.280. The minimum atomic E-state index is -0.782. The third-order valence-corrected chi connectivity index (χ3v) is 9.72. The van der Waals surface area contributed by atoms with Gasteiger partial charge in [-0.05, 0) is 102 Å². The fourth-order valence-electron chi connectivity index (χ4n) is 6.86. The highest BCUT2D eigenvalue weighted by molar-refractivity contribution is 6.13. The van der Waals surface area contributed by atoms with E-state index >= 15 is 0 Å². The smallest absolute Gasteiger partial charge is 0.347 e. The van der Waals surface area contributed by atoms with Gasteiger partial charge < -0.3 is 28.4 Å². The van der Waals surface area contributed by atoms with Gasteiger partial charge in [0.15, 0.2) is 5.75 Å². The van der Waals surface area contributed by atoms with Gasteiger partial charge in [0.1, 0.15) is 62.7 Å². The summed E-state index contributed by atoms with van der Waals surface area (Å²) in [7, 11) is 0. The van der Waals surface area contributed by atoms with E-state index in [1.807, 2.05) is 60.7 Å². The maximum Gasteiger partial charge on any atom is 0.347 e. The lowest BCUT2D eigenvalue weighted by Crippen LogP contribution is -2.13. The van der Waals surface area contributed by atoms with Crippen LogP contribution in [0.15, 0.2) is 206 Å². The molecule has 9 aromatic rings. The summed E-state index contributed by atoms with van der Waals surface area (Å²) in [5, 5.41) is 1.67. The van der Waals surface area contributed by atoms with Crippen LogP contribution < -0.4 is 28.4 Å². The van der Waals surface area contributed by atoms with Gasteiger partial charge in [0.25, 0.3) is 0 Å². The predicted molar refractivity (Wildman–Crippen MR) is 235 cm³/mol. The zero-order valence-electron chi connectivity index (χ0n) is 32.8. The van der Waals surface area contributed by atoms with E-state index in [2.05, 4.69) is 0 Å². The van der Waals surface area contributed by atoms with Crippen LogP contribution in [0.3, 0.4) is 0 Å². The number of hydrogen-bond acceptors (Lipinski definition) is 9. The molecule has 0 fully saturated rings. The van der Waals surface area contributed by atoms with Crippen molar-refractivity contribution >= 4 is 39.5 Å². The number of carbonyl (C=O) groups is 3. The summed E-state index contributed by atoms with van der Waals surface area (Å²) in [6.45, 7) is 0. The van der Waals surface area contributed by atoms with Gasteiger partial charge in [-0.15, -0.1) is 0 Å². The first-order chi connectivity index (χ1) is 30.5. The number of rotatable bonds is 12. The number of fused-ring (bicyclic) bond motifs is 2. The van der Waals surface area contributed by atoms with Crippen molar-refractivity contribution in [3.05, 3.63) is 223 Å². The van der Waals surface area contributed by atoms with Crippen LogP contribution in [0.25, 0.3) is 21.5 Å². The fraction of sp³-hybridized carbons (Fsp3) is 0. The predicted octanol–water partition coefficient (Wildman–Crippen LogP) is 13.0. The van der Waals surface area contributed by atoms with E-state index in [0.717, 1.165) is 0 Å². The van der Waals surface area contributed by atoms with E-state index in [1.54, 1.807) is 146 Å². The molecule has 9 heteroatoms. The lowest BCUT2D eigenvalue weighted by Gasteiger charge is -2.18. The van der Waals surface area contributed by atoms with Crippen molar-refractivity contribution < 1.29 is 42.8 Å². The first-order valence-corrected chi connectivity index (χ1v) is 19.6. The number of carbonyl (C=O) groups excluding carboxylic acids is 3. The third-order valence-electron chi connectivity index (χ3n) is 9.72. The maximum absolute atomic E-state index is 14.5. The molecule has 0 aliphatic heterocycles. The highest BCUT2D eigenvalue weighted by Gasteiger charge is 2.26. The van der Waals surface area contributed by atoms with Crippen LogP contribution in [0, 0.1) is 0 Å². The van der Waals surface area contributed by atoms with E-state index in [1.165, 1.54) is 0 Å². The lowest BCUT2D eigenvalue weighted by molar-refractivity contribution is 0.0725. The van der Waals surface area contributed by atoms with Gasteiger partial charge in [-0.1, -0.05) is 115 Å². The molecule has 0 unspecified atom stereocenters. The van der Waals surface area contributed by atoms with Crippen LogP contribution in [0.1, 0.15) is 31.1 Å². The minimum Gasteiger partial charge on any atom is -0.456 e. The molecule has 0 aliphatic carbocycles. The minimum absolute atomic E-state index is 0.0218. The van der Waals surface area contributed by atoms with Gasteiger partial charge in [-0.3, -0.25) is 0 Å². The Balaban J connectivity index is 1.16. The van der Waals surface area contributed by atoms with Gasteiger partial charge in [-0.25, -0.2) is 14.4 Å². The topological polar surface area (TPSA) is 107 Å². The molecule has 0 aliphatic rings.